The van der Waals surface area contributed by atoms with Crippen LogP contribution in [0, 0.1) is 11.8 Å². The molecule has 0 radical (unpaired) electrons. The fraction of sp³-hybridized carbons (Fsp3) is 0.583. The summed E-state index contributed by atoms with van der Waals surface area (Å²) in [6.45, 7) is 4.82. The first-order valence-corrected chi connectivity index (χ1v) is 13.1. The Bertz CT molecular complexity index is 884. The molecule has 2 fully saturated rings. The van der Waals surface area contributed by atoms with Gasteiger partial charge in [0.1, 0.15) is 0 Å². The molecule has 0 unspecified atom stereocenters. The maximum atomic E-state index is 13.0. The standard InChI is InChI=1S/C24H35N3O4S/c1-2-23(28)25-18-20-14-16-27(17-15-20)32(30,31)22-11-9-21(10-12-22)26-24(29)13-8-19-6-4-3-5-7-19/h2,9-12,19-20H,1,3-8,13-18H2,(H,25,28)(H,26,29). The predicted molar refractivity (Wildman–Crippen MR) is 126 cm³/mol. The van der Waals surface area contributed by atoms with E-state index >= 15 is 0 Å². The second-order valence-electron chi connectivity index (χ2n) is 8.91. The van der Waals surface area contributed by atoms with E-state index in [0.29, 0.717) is 50.5 Å². The smallest absolute Gasteiger partial charge is 0.243 e. The van der Waals surface area contributed by atoms with Crippen molar-refractivity contribution in [3.8, 4) is 0 Å². The van der Waals surface area contributed by atoms with E-state index in [0.717, 1.165) is 6.42 Å². The molecule has 1 aromatic rings. The third-order valence-electron chi connectivity index (χ3n) is 6.60. The molecule has 7 nitrogen and oxygen atoms in total. The summed E-state index contributed by atoms with van der Waals surface area (Å²) in [7, 11) is -3.57. The van der Waals surface area contributed by atoms with Gasteiger partial charge in [0.15, 0.2) is 0 Å². The van der Waals surface area contributed by atoms with Crippen LogP contribution < -0.4 is 10.6 Å². The van der Waals surface area contributed by atoms with Gasteiger partial charge in [-0.05, 0) is 61.4 Å². The van der Waals surface area contributed by atoms with E-state index in [9.17, 15) is 18.0 Å². The third-order valence-corrected chi connectivity index (χ3v) is 8.52. The van der Waals surface area contributed by atoms with Gasteiger partial charge in [-0.25, -0.2) is 8.42 Å². The highest BCUT2D eigenvalue weighted by Crippen LogP contribution is 2.28. The van der Waals surface area contributed by atoms with E-state index in [1.54, 1.807) is 24.3 Å². The summed E-state index contributed by atoms with van der Waals surface area (Å²) in [4.78, 5) is 23.8. The number of sulfonamides is 1. The highest BCUT2D eigenvalue weighted by molar-refractivity contribution is 7.89. The summed E-state index contributed by atoms with van der Waals surface area (Å²) >= 11 is 0. The number of benzene rings is 1. The quantitative estimate of drug-likeness (QED) is 0.548. The molecule has 0 aromatic heterocycles. The third kappa shape index (κ3) is 6.90. The van der Waals surface area contributed by atoms with Crippen LogP contribution in [-0.4, -0.2) is 44.2 Å². The second kappa shape index (κ2) is 11.6. The van der Waals surface area contributed by atoms with E-state index in [1.807, 2.05) is 0 Å². The number of carbonyl (C=O) groups is 2. The van der Waals surface area contributed by atoms with Crippen LogP contribution in [0.4, 0.5) is 5.69 Å². The number of piperidine rings is 1. The summed E-state index contributed by atoms with van der Waals surface area (Å²) in [5, 5.41) is 5.66. The number of rotatable bonds is 9. The molecule has 2 N–H and O–H groups in total. The normalized spacial score (nSPS) is 18.8. The van der Waals surface area contributed by atoms with Gasteiger partial charge in [0.25, 0.3) is 0 Å². The minimum atomic E-state index is -3.57. The van der Waals surface area contributed by atoms with Crippen molar-refractivity contribution < 1.29 is 18.0 Å². The van der Waals surface area contributed by atoms with E-state index in [4.69, 9.17) is 0 Å². The number of nitrogens with zero attached hydrogens (tertiary/aromatic N) is 1. The Balaban J connectivity index is 1.47. The maximum absolute atomic E-state index is 13.0. The summed E-state index contributed by atoms with van der Waals surface area (Å²) in [6.07, 6.45) is 10.4. The molecular formula is C24H35N3O4S. The molecule has 32 heavy (non-hydrogen) atoms. The van der Waals surface area contributed by atoms with Crippen molar-refractivity contribution in [2.24, 2.45) is 11.8 Å². The maximum Gasteiger partial charge on any atom is 0.243 e. The van der Waals surface area contributed by atoms with Crippen LogP contribution >= 0.6 is 0 Å². The van der Waals surface area contributed by atoms with Gasteiger partial charge in [-0.3, -0.25) is 9.59 Å². The van der Waals surface area contributed by atoms with Gasteiger partial charge in [0.05, 0.1) is 4.90 Å². The van der Waals surface area contributed by atoms with Crippen LogP contribution in [0.3, 0.4) is 0 Å². The van der Waals surface area contributed by atoms with Crippen LogP contribution in [0.25, 0.3) is 0 Å². The van der Waals surface area contributed by atoms with Crippen LogP contribution in [0.5, 0.6) is 0 Å². The van der Waals surface area contributed by atoms with Gasteiger partial charge >= 0.3 is 0 Å². The molecule has 0 bridgehead atoms. The van der Waals surface area contributed by atoms with Crippen molar-refractivity contribution in [1.82, 2.24) is 9.62 Å². The summed E-state index contributed by atoms with van der Waals surface area (Å²) in [6, 6.07) is 6.43. The number of hydrogen-bond acceptors (Lipinski definition) is 4. The van der Waals surface area contributed by atoms with Gasteiger partial charge in [-0.15, -0.1) is 0 Å². The average Bonchev–Trinajstić information content (AvgIpc) is 2.82. The molecule has 1 saturated carbocycles. The Labute approximate surface area is 191 Å². The van der Waals surface area contributed by atoms with Gasteiger partial charge in [-0.2, -0.15) is 4.31 Å². The van der Waals surface area contributed by atoms with Gasteiger partial charge in [-0.1, -0.05) is 38.7 Å². The first-order valence-electron chi connectivity index (χ1n) is 11.7. The van der Waals surface area contributed by atoms with Crippen LogP contribution in [-0.2, 0) is 19.6 Å². The van der Waals surface area contributed by atoms with Crippen molar-refractivity contribution in [2.45, 2.75) is 62.7 Å². The SMILES string of the molecule is C=CC(=O)NCC1CCN(S(=O)(=O)c2ccc(NC(=O)CCC3CCCCC3)cc2)CC1. The van der Waals surface area contributed by atoms with Gasteiger partial charge < -0.3 is 10.6 Å². The molecule has 1 heterocycles. The van der Waals surface area contributed by atoms with Crippen molar-refractivity contribution in [3.63, 3.8) is 0 Å². The van der Waals surface area contributed by atoms with Crippen molar-refractivity contribution >= 4 is 27.5 Å². The highest BCUT2D eigenvalue weighted by Gasteiger charge is 2.29. The second-order valence-corrected chi connectivity index (χ2v) is 10.8. The zero-order valence-corrected chi connectivity index (χ0v) is 19.5. The first kappa shape index (κ1) is 24.5. The van der Waals surface area contributed by atoms with E-state index < -0.39 is 10.0 Å². The minimum Gasteiger partial charge on any atom is -0.352 e. The fourth-order valence-electron chi connectivity index (χ4n) is 4.56. The van der Waals surface area contributed by atoms with Crippen molar-refractivity contribution in [1.29, 1.82) is 0 Å². The molecule has 2 amide bonds. The number of amides is 2. The zero-order chi connectivity index (χ0) is 23.0. The molecule has 8 heteroatoms. The van der Waals surface area contributed by atoms with Gasteiger partial charge in [0.2, 0.25) is 21.8 Å². The molecular weight excluding hydrogens is 426 g/mol. The zero-order valence-electron chi connectivity index (χ0n) is 18.7. The lowest BCUT2D eigenvalue weighted by molar-refractivity contribution is -0.117. The number of anilines is 1. The Morgan fingerprint density at radius 2 is 1.66 bits per heavy atom. The summed E-state index contributed by atoms with van der Waals surface area (Å²) in [5.41, 5.74) is 0.620. The first-order chi connectivity index (χ1) is 15.4. The molecule has 1 aliphatic heterocycles. The Morgan fingerprint density at radius 3 is 2.28 bits per heavy atom. The van der Waals surface area contributed by atoms with E-state index in [1.165, 1.54) is 42.5 Å². The Kier molecular flexibility index (Phi) is 8.87. The van der Waals surface area contributed by atoms with E-state index in [2.05, 4.69) is 17.2 Å². The lowest BCUT2D eigenvalue weighted by Gasteiger charge is -2.31. The molecule has 3 rings (SSSR count). The molecule has 1 aromatic carbocycles. The van der Waals surface area contributed by atoms with Crippen LogP contribution in [0.2, 0.25) is 0 Å². The monoisotopic (exact) mass is 461 g/mol. The highest BCUT2D eigenvalue weighted by atomic mass is 32.2. The summed E-state index contributed by atoms with van der Waals surface area (Å²) in [5.74, 6) is 0.694. The summed E-state index contributed by atoms with van der Waals surface area (Å²) < 4.78 is 27.4. The molecule has 1 aliphatic carbocycles. The van der Waals surface area contributed by atoms with E-state index in [-0.39, 0.29) is 22.6 Å². The topological polar surface area (TPSA) is 95.6 Å². The van der Waals surface area contributed by atoms with Crippen LogP contribution in [0.1, 0.15) is 57.8 Å². The molecule has 2 aliphatic rings. The molecule has 176 valence electrons. The van der Waals surface area contributed by atoms with Crippen molar-refractivity contribution in [2.75, 3.05) is 25.0 Å². The van der Waals surface area contributed by atoms with Crippen LogP contribution in [0.15, 0.2) is 41.8 Å². The number of hydrogen-bond donors (Lipinski definition) is 2. The largest absolute Gasteiger partial charge is 0.352 e. The van der Waals surface area contributed by atoms with Gasteiger partial charge in [0, 0.05) is 31.7 Å². The Morgan fingerprint density at radius 1 is 1.00 bits per heavy atom. The lowest BCUT2D eigenvalue weighted by Crippen LogP contribution is -2.41. The predicted octanol–water partition coefficient (Wildman–Crippen LogP) is 3.69. The molecule has 1 saturated heterocycles. The molecule has 0 spiro atoms. The average molecular weight is 462 g/mol. The Hall–Kier alpha value is -2.19. The minimum absolute atomic E-state index is 0.0169. The lowest BCUT2D eigenvalue weighted by atomic mass is 9.86. The number of nitrogens with one attached hydrogen (secondary N) is 2. The fourth-order valence-corrected chi connectivity index (χ4v) is 6.03. The number of carbonyl (C=O) groups excluding carboxylic acids is 2. The van der Waals surface area contributed by atoms with Crippen molar-refractivity contribution in [3.05, 3.63) is 36.9 Å². The molecule has 0 atom stereocenters.